The van der Waals surface area contributed by atoms with Crippen molar-refractivity contribution in [3.8, 4) is 0 Å². The monoisotopic (exact) mass is 218 g/mol. The fraction of sp³-hybridized carbons (Fsp3) is 0.462. The number of aryl methyl sites for hydroxylation is 1. The van der Waals surface area contributed by atoms with Gasteiger partial charge in [-0.1, -0.05) is 24.3 Å². The van der Waals surface area contributed by atoms with Crippen LogP contribution in [0.3, 0.4) is 0 Å². The smallest absolute Gasteiger partial charge is 0.234 e. The number of hydrogen-bond donors (Lipinski definition) is 2. The Kier molecular flexibility index (Phi) is 3.25. The first kappa shape index (κ1) is 11.1. The van der Waals surface area contributed by atoms with Crippen molar-refractivity contribution in [1.82, 2.24) is 5.32 Å². The van der Waals surface area contributed by atoms with E-state index in [0.29, 0.717) is 0 Å². The maximum atomic E-state index is 11.0. The fourth-order valence-corrected chi connectivity index (χ4v) is 2.31. The first-order valence-electron chi connectivity index (χ1n) is 5.81. The normalized spacial score (nSPS) is 21.2. The third-order valence-corrected chi connectivity index (χ3v) is 3.25. The van der Waals surface area contributed by atoms with Gasteiger partial charge in [-0.2, -0.15) is 0 Å². The zero-order valence-electron chi connectivity index (χ0n) is 9.57. The minimum atomic E-state index is -0.289. The molecule has 1 aliphatic carbocycles. The molecule has 2 rings (SSSR count). The van der Waals surface area contributed by atoms with E-state index in [-0.39, 0.29) is 18.0 Å². The summed E-state index contributed by atoms with van der Waals surface area (Å²) in [5, 5.41) is 3.30. The van der Waals surface area contributed by atoms with E-state index >= 15 is 0 Å². The van der Waals surface area contributed by atoms with Crippen LogP contribution in [-0.4, -0.2) is 11.9 Å². The summed E-state index contributed by atoms with van der Waals surface area (Å²) in [5.41, 5.74) is 7.98. The Morgan fingerprint density at radius 3 is 3.00 bits per heavy atom. The summed E-state index contributed by atoms with van der Waals surface area (Å²) in [6.07, 6.45) is 3.38. The standard InChI is InChI=1S/C13H18N2O/c1-9(13(14)16)15-12-8-4-6-10-5-2-3-7-11(10)12/h2-3,5,7,9,12,15H,4,6,8H2,1H3,(H2,14,16)/t9-,12+/m0/s1. The van der Waals surface area contributed by atoms with E-state index in [1.165, 1.54) is 17.5 Å². The number of amides is 1. The predicted molar refractivity (Wildman–Crippen MR) is 63.9 cm³/mol. The van der Waals surface area contributed by atoms with Gasteiger partial charge in [-0.05, 0) is 37.3 Å². The van der Waals surface area contributed by atoms with Crippen LogP contribution in [0.15, 0.2) is 24.3 Å². The van der Waals surface area contributed by atoms with E-state index in [1.807, 2.05) is 13.0 Å². The molecule has 1 aromatic carbocycles. The molecule has 0 heterocycles. The number of fused-ring (bicyclic) bond motifs is 1. The Bertz CT molecular complexity index is 389. The highest BCUT2D eigenvalue weighted by atomic mass is 16.1. The summed E-state index contributed by atoms with van der Waals surface area (Å²) in [6.45, 7) is 1.82. The summed E-state index contributed by atoms with van der Waals surface area (Å²) in [4.78, 5) is 11.0. The Hall–Kier alpha value is -1.35. The zero-order chi connectivity index (χ0) is 11.5. The number of nitrogens with two attached hydrogens (primary N) is 1. The highest BCUT2D eigenvalue weighted by molar-refractivity contribution is 5.79. The molecule has 3 N–H and O–H groups in total. The molecule has 0 radical (unpaired) electrons. The minimum absolute atomic E-state index is 0.267. The lowest BCUT2D eigenvalue weighted by Gasteiger charge is -2.28. The molecule has 1 amide bonds. The highest BCUT2D eigenvalue weighted by Crippen LogP contribution is 2.29. The van der Waals surface area contributed by atoms with Gasteiger partial charge in [0.05, 0.1) is 6.04 Å². The third-order valence-electron chi connectivity index (χ3n) is 3.25. The van der Waals surface area contributed by atoms with Crippen LogP contribution in [0.2, 0.25) is 0 Å². The van der Waals surface area contributed by atoms with Crippen molar-refractivity contribution < 1.29 is 4.79 Å². The topological polar surface area (TPSA) is 55.1 Å². The summed E-state index contributed by atoms with van der Waals surface area (Å²) in [7, 11) is 0. The number of nitrogens with one attached hydrogen (secondary N) is 1. The molecule has 0 saturated carbocycles. The second-order valence-corrected chi connectivity index (χ2v) is 4.43. The van der Waals surface area contributed by atoms with Gasteiger partial charge in [0.1, 0.15) is 0 Å². The van der Waals surface area contributed by atoms with Crippen molar-refractivity contribution in [2.24, 2.45) is 5.73 Å². The summed E-state index contributed by atoms with van der Waals surface area (Å²) < 4.78 is 0. The number of carbonyl (C=O) groups is 1. The first-order valence-corrected chi connectivity index (χ1v) is 5.81. The Balaban J connectivity index is 2.16. The maximum absolute atomic E-state index is 11.0. The van der Waals surface area contributed by atoms with E-state index in [9.17, 15) is 4.79 Å². The largest absolute Gasteiger partial charge is 0.368 e. The Morgan fingerprint density at radius 2 is 2.25 bits per heavy atom. The maximum Gasteiger partial charge on any atom is 0.234 e. The van der Waals surface area contributed by atoms with Gasteiger partial charge in [0, 0.05) is 6.04 Å². The average Bonchev–Trinajstić information content (AvgIpc) is 2.29. The number of benzene rings is 1. The van der Waals surface area contributed by atoms with Gasteiger partial charge in [0.25, 0.3) is 0 Å². The second-order valence-electron chi connectivity index (χ2n) is 4.43. The molecule has 0 fully saturated rings. The van der Waals surface area contributed by atoms with Gasteiger partial charge in [0.2, 0.25) is 5.91 Å². The summed E-state index contributed by atoms with van der Waals surface area (Å²) in [6, 6.07) is 8.42. The van der Waals surface area contributed by atoms with E-state index in [4.69, 9.17) is 5.73 Å². The van der Waals surface area contributed by atoms with Crippen LogP contribution in [0.25, 0.3) is 0 Å². The average molecular weight is 218 g/mol. The van der Waals surface area contributed by atoms with Crippen molar-refractivity contribution in [3.05, 3.63) is 35.4 Å². The van der Waals surface area contributed by atoms with E-state index in [0.717, 1.165) is 12.8 Å². The minimum Gasteiger partial charge on any atom is -0.368 e. The molecule has 1 aliphatic rings. The number of primary amides is 1. The van der Waals surface area contributed by atoms with Crippen LogP contribution in [0.1, 0.15) is 36.9 Å². The van der Waals surface area contributed by atoms with Crippen molar-refractivity contribution >= 4 is 5.91 Å². The van der Waals surface area contributed by atoms with Gasteiger partial charge < -0.3 is 5.73 Å². The fourth-order valence-electron chi connectivity index (χ4n) is 2.31. The molecular weight excluding hydrogens is 200 g/mol. The predicted octanol–water partition coefficient (Wildman–Crippen LogP) is 1.53. The lowest BCUT2D eigenvalue weighted by atomic mass is 9.87. The molecule has 0 bridgehead atoms. The molecule has 0 saturated heterocycles. The van der Waals surface area contributed by atoms with Gasteiger partial charge in [0.15, 0.2) is 0 Å². The highest BCUT2D eigenvalue weighted by Gasteiger charge is 2.22. The summed E-state index contributed by atoms with van der Waals surface area (Å²) >= 11 is 0. The van der Waals surface area contributed by atoms with Crippen molar-refractivity contribution in [2.75, 3.05) is 0 Å². The van der Waals surface area contributed by atoms with Crippen LogP contribution in [0.4, 0.5) is 0 Å². The number of carbonyl (C=O) groups excluding carboxylic acids is 1. The first-order chi connectivity index (χ1) is 7.68. The second kappa shape index (κ2) is 4.66. The third kappa shape index (κ3) is 2.25. The van der Waals surface area contributed by atoms with Crippen LogP contribution >= 0.6 is 0 Å². The Morgan fingerprint density at radius 1 is 1.50 bits per heavy atom. The molecular formula is C13H18N2O. The van der Waals surface area contributed by atoms with Gasteiger partial charge in [-0.3, -0.25) is 10.1 Å². The molecule has 0 aromatic heterocycles. The van der Waals surface area contributed by atoms with Crippen molar-refractivity contribution in [2.45, 2.75) is 38.3 Å². The lowest BCUT2D eigenvalue weighted by molar-refractivity contribution is -0.119. The van der Waals surface area contributed by atoms with Crippen LogP contribution in [0, 0.1) is 0 Å². The molecule has 0 spiro atoms. The molecule has 3 heteroatoms. The SMILES string of the molecule is C[C@H](N[C@@H]1CCCc2ccccc21)C(N)=O. The number of rotatable bonds is 3. The zero-order valence-corrected chi connectivity index (χ0v) is 9.57. The van der Waals surface area contributed by atoms with E-state index in [1.54, 1.807) is 0 Å². The Labute approximate surface area is 96.0 Å². The quantitative estimate of drug-likeness (QED) is 0.808. The van der Waals surface area contributed by atoms with Crippen molar-refractivity contribution in [1.29, 1.82) is 0 Å². The molecule has 16 heavy (non-hydrogen) atoms. The molecule has 86 valence electrons. The van der Waals surface area contributed by atoms with Crippen LogP contribution < -0.4 is 11.1 Å². The lowest BCUT2D eigenvalue weighted by Crippen LogP contribution is -2.41. The molecule has 0 unspecified atom stereocenters. The number of hydrogen-bond acceptors (Lipinski definition) is 2. The molecule has 3 nitrogen and oxygen atoms in total. The van der Waals surface area contributed by atoms with Gasteiger partial charge in [-0.25, -0.2) is 0 Å². The van der Waals surface area contributed by atoms with Crippen LogP contribution in [-0.2, 0) is 11.2 Å². The van der Waals surface area contributed by atoms with Gasteiger partial charge >= 0.3 is 0 Å². The van der Waals surface area contributed by atoms with E-state index < -0.39 is 0 Å². The van der Waals surface area contributed by atoms with Crippen molar-refractivity contribution in [3.63, 3.8) is 0 Å². The van der Waals surface area contributed by atoms with Crippen LogP contribution in [0.5, 0.6) is 0 Å². The van der Waals surface area contributed by atoms with Gasteiger partial charge in [-0.15, -0.1) is 0 Å². The molecule has 2 atom stereocenters. The summed E-state index contributed by atoms with van der Waals surface area (Å²) in [5.74, 6) is -0.289. The molecule has 1 aromatic rings. The molecule has 0 aliphatic heterocycles. The van der Waals surface area contributed by atoms with E-state index in [2.05, 4.69) is 23.5 Å².